The first-order valence-corrected chi connectivity index (χ1v) is 8.92. The molecule has 2 rings (SSSR count). The molecule has 1 aliphatic heterocycles. The zero-order valence-corrected chi connectivity index (χ0v) is 16.0. The molecule has 6 nitrogen and oxygen atoms in total. The van der Waals surface area contributed by atoms with Gasteiger partial charge in [-0.05, 0) is 24.5 Å². The highest BCUT2D eigenvalue weighted by atomic mass is 16.5. The number of ether oxygens (including phenoxy) is 3. The number of nitrogens with one attached hydrogen (secondary N) is 2. The van der Waals surface area contributed by atoms with E-state index in [1.165, 1.54) is 0 Å². The number of rotatable bonds is 5. The molecular formula is C19H31N3O3. The zero-order valence-electron chi connectivity index (χ0n) is 16.0. The van der Waals surface area contributed by atoms with Crippen LogP contribution in [0.1, 0.15) is 34.1 Å². The molecule has 2 N–H and O–H groups in total. The average molecular weight is 349 g/mol. The number of hydrogen-bond acceptors (Lipinski definition) is 4. The van der Waals surface area contributed by atoms with Crippen LogP contribution in [0.3, 0.4) is 0 Å². The maximum Gasteiger partial charge on any atom is 0.195 e. The van der Waals surface area contributed by atoms with Gasteiger partial charge in [0.1, 0.15) is 0 Å². The van der Waals surface area contributed by atoms with Crippen LogP contribution in [0.4, 0.5) is 5.69 Å². The predicted molar refractivity (Wildman–Crippen MR) is 102 cm³/mol. The van der Waals surface area contributed by atoms with Crippen LogP contribution < -0.4 is 20.1 Å². The lowest BCUT2D eigenvalue weighted by molar-refractivity contribution is 0.0241. The standard InChI is InChI=1S/C19H31N3O3/c1-6-20-18(21-13-17(23-5)19(2,3)4)22-14-8-9-15-16(12-14)25-11-7-10-24-15/h8-9,12,17H,6-7,10-11,13H2,1-5H3,(H2,20,21,22). The Balaban J connectivity index is 2.10. The summed E-state index contributed by atoms with van der Waals surface area (Å²) in [7, 11) is 1.73. The first kappa shape index (κ1) is 19.4. The number of fused-ring (bicyclic) bond motifs is 1. The van der Waals surface area contributed by atoms with E-state index in [9.17, 15) is 0 Å². The molecule has 0 fully saturated rings. The third kappa shape index (κ3) is 5.81. The Morgan fingerprint density at radius 2 is 1.96 bits per heavy atom. The highest BCUT2D eigenvalue weighted by molar-refractivity contribution is 5.93. The Morgan fingerprint density at radius 3 is 2.60 bits per heavy atom. The van der Waals surface area contributed by atoms with Crippen molar-refractivity contribution in [2.75, 3.05) is 38.7 Å². The smallest absolute Gasteiger partial charge is 0.195 e. The van der Waals surface area contributed by atoms with Crippen LogP contribution in [0, 0.1) is 5.41 Å². The Hall–Kier alpha value is -1.95. The molecule has 0 amide bonds. The molecule has 1 aliphatic rings. The average Bonchev–Trinajstić information content (AvgIpc) is 2.79. The summed E-state index contributed by atoms with van der Waals surface area (Å²) in [6, 6.07) is 5.85. The second kappa shape index (κ2) is 8.94. The van der Waals surface area contributed by atoms with Crippen molar-refractivity contribution in [1.29, 1.82) is 0 Å². The highest BCUT2D eigenvalue weighted by Gasteiger charge is 2.24. The summed E-state index contributed by atoms with van der Waals surface area (Å²) in [4.78, 5) is 4.67. The number of hydrogen-bond donors (Lipinski definition) is 2. The van der Waals surface area contributed by atoms with Gasteiger partial charge >= 0.3 is 0 Å². The van der Waals surface area contributed by atoms with E-state index < -0.39 is 0 Å². The van der Waals surface area contributed by atoms with Crippen molar-refractivity contribution in [3.8, 4) is 11.5 Å². The van der Waals surface area contributed by atoms with Crippen molar-refractivity contribution in [3.63, 3.8) is 0 Å². The molecule has 0 bridgehead atoms. The maximum atomic E-state index is 5.75. The third-order valence-corrected chi connectivity index (χ3v) is 4.02. The first-order chi connectivity index (χ1) is 11.9. The molecule has 1 aromatic carbocycles. The van der Waals surface area contributed by atoms with Crippen molar-refractivity contribution in [3.05, 3.63) is 18.2 Å². The van der Waals surface area contributed by atoms with Crippen LogP contribution in [0.5, 0.6) is 11.5 Å². The molecule has 6 heteroatoms. The van der Waals surface area contributed by atoms with Gasteiger partial charge in [0.15, 0.2) is 17.5 Å². The van der Waals surface area contributed by atoms with E-state index in [-0.39, 0.29) is 11.5 Å². The number of guanidine groups is 1. The molecule has 1 atom stereocenters. The van der Waals surface area contributed by atoms with Gasteiger partial charge in [-0.3, -0.25) is 4.99 Å². The van der Waals surface area contributed by atoms with E-state index in [0.717, 1.165) is 36.1 Å². The number of aliphatic imine (C=N–C) groups is 1. The quantitative estimate of drug-likeness (QED) is 0.631. The fourth-order valence-corrected chi connectivity index (χ4v) is 2.56. The fourth-order valence-electron chi connectivity index (χ4n) is 2.56. The Kier molecular flexibility index (Phi) is 6.93. The first-order valence-electron chi connectivity index (χ1n) is 8.92. The van der Waals surface area contributed by atoms with Gasteiger partial charge in [0.25, 0.3) is 0 Å². The van der Waals surface area contributed by atoms with Gasteiger partial charge in [0, 0.05) is 31.8 Å². The fraction of sp³-hybridized carbons (Fsp3) is 0.632. The van der Waals surface area contributed by atoms with Gasteiger partial charge in [-0.25, -0.2) is 0 Å². The van der Waals surface area contributed by atoms with Gasteiger partial charge < -0.3 is 24.8 Å². The molecule has 1 aromatic rings. The normalized spacial score (nSPS) is 16.1. The van der Waals surface area contributed by atoms with Crippen molar-refractivity contribution in [2.24, 2.45) is 10.4 Å². The molecule has 0 spiro atoms. The second-order valence-corrected chi connectivity index (χ2v) is 7.15. The molecule has 0 aromatic heterocycles. The molecule has 0 radical (unpaired) electrons. The Labute approximate surface area is 151 Å². The van der Waals surface area contributed by atoms with Crippen LogP contribution >= 0.6 is 0 Å². The minimum absolute atomic E-state index is 0.0326. The lowest BCUT2D eigenvalue weighted by Gasteiger charge is -2.28. The van der Waals surface area contributed by atoms with Crippen LogP contribution in [-0.2, 0) is 4.74 Å². The summed E-state index contributed by atoms with van der Waals surface area (Å²) < 4.78 is 17.0. The third-order valence-electron chi connectivity index (χ3n) is 4.02. The number of anilines is 1. The molecule has 1 heterocycles. The molecule has 0 saturated carbocycles. The minimum atomic E-state index is 0.0326. The second-order valence-electron chi connectivity index (χ2n) is 7.15. The van der Waals surface area contributed by atoms with Crippen molar-refractivity contribution in [2.45, 2.75) is 40.2 Å². The van der Waals surface area contributed by atoms with Crippen molar-refractivity contribution in [1.82, 2.24) is 5.32 Å². The van der Waals surface area contributed by atoms with Crippen LogP contribution in [0.2, 0.25) is 0 Å². The van der Waals surface area contributed by atoms with E-state index in [1.54, 1.807) is 7.11 Å². The number of nitrogens with zero attached hydrogens (tertiary/aromatic N) is 1. The minimum Gasteiger partial charge on any atom is -0.490 e. The molecule has 1 unspecified atom stereocenters. The van der Waals surface area contributed by atoms with Gasteiger partial charge in [0.05, 0.1) is 25.9 Å². The lowest BCUT2D eigenvalue weighted by Crippen LogP contribution is -2.35. The van der Waals surface area contributed by atoms with E-state index in [4.69, 9.17) is 14.2 Å². The lowest BCUT2D eigenvalue weighted by atomic mass is 9.89. The van der Waals surface area contributed by atoms with Crippen LogP contribution in [0.15, 0.2) is 23.2 Å². The van der Waals surface area contributed by atoms with Crippen molar-refractivity contribution < 1.29 is 14.2 Å². The highest BCUT2D eigenvalue weighted by Crippen LogP contribution is 2.32. The van der Waals surface area contributed by atoms with Gasteiger partial charge in [-0.2, -0.15) is 0 Å². The Bertz CT molecular complexity index is 582. The largest absolute Gasteiger partial charge is 0.490 e. The number of benzene rings is 1. The molecule has 25 heavy (non-hydrogen) atoms. The monoisotopic (exact) mass is 349 g/mol. The molecule has 0 aliphatic carbocycles. The van der Waals surface area contributed by atoms with Gasteiger partial charge in [0.2, 0.25) is 0 Å². The topological polar surface area (TPSA) is 64.1 Å². The summed E-state index contributed by atoms with van der Waals surface area (Å²) in [6.07, 6.45) is 0.943. The van der Waals surface area contributed by atoms with Gasteiger partial charge in [-0.1, -0.05) is 20.8 Å². The van der Waals surface area contributed by atoms with Gasteiger partial charge in [-0.15, -0.1) is 0 Å². The SMILES string of the molecule is CCNC(=NCC(OC)C(C)(C)C)Nc1ccc2c(c1)OCCCO2. The summed E-state index contributed by atoms with van der Waals surface area (Å²) in [5, 5.41) is 6.59. The summed E-state index contributed by atoms with van der Waals surface area (Å²) in [5.74, 6) is 2.28. The van der Waals surface area contributed by atoms with E-state index >= 15 is 0 Å². The summed E-state index contributed by atoms with van der Waals surface area (Å²) >= 11 is 0. The van der Waals surface area contributed by atoms with Crippen LogP contribution in [-0.4, -0.2) is 45.5 Å². The van der Waals surface area contributed by atoms with Crippen molar-refractivity contribution >= 4 is 11.6 Å². The van der Waals surface area contributed by atoms with Crippen LogP contribution in [0.25, 0.3) is 0 Å². The maximum absolute atomic E-state index is 5.75. The zero-order chi connectivity index (χ0) is 18.3. The van der Waals surface area contributed by atoms with E-state index in [1.807, 2.05) is 25.1 Å². The van der Waals surface area contributed by atoms with E-state index in [2.05, 4.69) is 36.4 Å². The molecule has 140 valence electrons. The molecular weight excluding hydrogens is 318 g/mol. The predicted octanol–water partition coefficient (Wildman–Crippen LogP) is 3.29. The van der Waals surface area contributed by atoms with E-state index in [0.29, 0.717) is 19.8 Å². The Morgan fingerprint density at radius 1 is 1.24 bits per heavy atom. The number of methoxy groups -OCH3 is 1. The molecule has 0 saturated heterocycles. The summed E-state index contributed by atoms with van der Waals surface area (Å²) in [6.45, 7) is 11.2. The summed E-state index contributed by atoms with van der Waals surface area (Å²) in [5.41, 5.74) is 0.943.